The quantitative estimate of drug-likeness (QED) is 0.731. The first-order chi connectivity index (χ1) is 10.9. The zero-order valence-electron chi connectivity index (χ0n) is 15.3. The van der Waals surface area contributed by atoms with Gasteiger partial charge in [-0.15, -0.1) is 0 Å². The van der Waals surface area contributed by atoms with Crippen LogP contribution in [0.25, 0.3) is 0 Å². The minimum Gasteiger partial charge on any atom is -0.379 e. The van der Waals surface area contributed by atoms with Gasteiger partial charge in [0.15, 0.2) is 0 Å². The van der Waals surface area contributed by atoms with E-state index in [1.54, 1.807) is 24.3 Å². The molecule has 0 aliphatic carbocycles. The van der Waals surface area contributed by atoms with Crippen LogP contribution in [0.4, 0.5) is 0 Å². The molecule has 0 heterocycles. The molecule has 0 saturated carbocycles. The molecule has 0 radical (unpaired) electrons. The molecule has 4 heteroatoms. The van der Waals surface area contributed by atoms with Gasteiger partial charge in [-0.05, 0) is 34.6 Å². The van der Waals surface area contributed by atoms with E-state index in [4.69, 9.17) is 4.18 Å². The second-order valence-corrected chi connectivity index (χ2v) is 9.60. The molecule has 2 rings (SSSR count). The standard InChI is InChI=1S/C20H26O3S/c1-19(2,3)15-11-13-16(14-12-15)24(21,22)23-18-10-8-7-9-17(18)20(4,5)6/h7-14H,1-6H3. The third-order valence-electron chi connectivity index (χ3n) is 3.90. The number of hydrogen-bond acceptors (Lipinski definition) is 3. The fraction of sp³-hybridized carbons (Fsp3) is 0.400. The molecule has 0 aliphatic rings. The van der Waals surface area contributed by atoms with Crippen LogP contribution in [0.15, 0.2) is 53.4 Å². The molecule has 24 heavy (non-hydrogen) atoms. The fourth-order valence-electron chi connectivity index (χ4n) is 2.45. The normalized spacial score (nSPS) is 12.9. The van der Waals surface area contributed by atoms with Crippen LogP contribution >= 0.6 is 0 Å². The molecule has 0 saturated heterocycles. The van der Waals surface area contributed by atoms with Gasteiger partial charge in [-0.3, -0.25) is 0 Å². The van der Waals surface area contributed by atoms with Gasteiger partial charge in [-0.1, -0.05) is 71.9 Å². The number of rotatable bonds is 3. The first-order valence-electron chi connectivity index (χ1n) is 8.06. The van der Waals surface area contributed by atoms with E-state index >= 15 is 0 Å². The molecule has 0 bridgehead atoms. The maximum atomic E-state index is 12.6. The molecular weight excluding hydrogens is 320 g/mol. The highest BCUT2D eigenvalue weighted by Gasteiger charge is 2.24. The van der Waals surface area contributed by atoms with Crippen molar-refractivity contribution >= 4 is 10.1 Å². The summed E-state index contributed by atoms with van der Waals surface area (Å²) >= 11 is 0. The van der Waals surface area contributed by atoms with Gasteiger partial charge in [0, 0.05) is 5.56 Å². The minimum absolute atomic E-state index is 0.0258. The van der Waals surface area contributed by atoms with Crippen LogP contribution < -0.4 is 4.18 Å². The monoisotopic (exact) mass is 346 g/mol. The summed E-state index contributed by atoms with van der Waals surface area (Å²) in [6.07, 6.45) is 0. The Bertz CT molecular complexity index is 805. The molecule has 0 fully saturated rings. The van der Waals surface area contributed by atoms with E-state index in [1.165, 1.54) is 0 Å². The Kier molecular flexibility index (Phi) is 4.82. The van der Waals surface area contributed by atoms with E-state index < -0.39 is 10.1 Å². The van der Waals surface area contributed by atoms with Crippen molar-refractivity contribution in [3.63, 3.8) is 0 Å². The van der Waals surface area contributed by atoms with E-state index in [0.717, 1.165) is 11.1 Å². The largest absolute Gasteiger partial charge is 0.379 e. The third-order valence-corrected chi connectivity index (χ3v) is 5.15. The van der Waals surface area contributed by atoms with E-state index in [0.29, 0.717) is 5.75 Å². The van der Waals surface area contributed by atoms with Crippen molar-refractivity contribution in [1.82, 2.24) is 0 Å². The lowest BCUT2D eigenvalue weighted by molar-refractivity contribution is 0.470. The first-order valence-corrected chi connectivity index (χ1v) is 9.47. The average Bonchev–Trinajstić information content (AvgIpc) is 2.45. The summed E-state index contributed by atoms with van der Waals surface area (Å²) < 4.78 is 30.7. The van der Waals surface area contributed by atoms with Gasteiger partial charge < -0.3 is 4.18 Å². The van der Waals surface area contributed by atoms with Crippen LogP contribution in [0.1, 0.15) is 52.7 Å². The van der Waals surface area contributed by atoms with Crippen molar-refractivity contribution in [2.45, 2.75) is 57.3 Å². The van der Waals surface area contributed by atoms with Gasteiger partial charge >= 0.3 is 10.1 Å². The molecule has 0 spiro atoms. The van der Waals surface area contributed by atoms with Gasteiger partial charge in [0.1, 0.15) is 10.6 Å². The maximum absolute atomic E-state index is 12.6. The first kappa shape index (κ1) is 18.5. The molecule has 0 amide bonds. The number of para-hydroxylation sites is 1. The SMILES string of the molecule is CC(C)(C)c1ccc(S(=O)(=O)Oc2ccccc2C(C)(C)C)cc1. The van der Waals surface area contributed by atoms with Crippen LogP contribution in [-0.4, -0.2) is 8.42 Å². The molecule has 3 nitrogen and oxygen atoms in total. The Labute approximate surface area is 145 Å². The van der Waals surface area contributed by atoms with E-state index in [2.05, 4.69) is 20.8 Å². The molecule has 0 aromatic heterocycles. The summed E-state index contributed by atoms with van der Waals surface area (Å²) in [5.74, 6) is 0.380. The second-order valence-electron chi connectivity index (χ2n) is 8.06. The van der Waals surface area contributed by atoms with E-state index in [-0.39, 0.29) is 15.7 Å². The maximum Gasteiger partial charge on any atom is 0.339 e. The smallest absolute Gasteiger partial charge is 0.339 e. The number of benzene rings is 2. The van der Waals surface area contributed by atoms with E-state index in [1.807, 2.05) is 45.0 Å². The molecule has 2 aromatic rings. The fourth-order valence-corrected chi connectivity index (χ4v) is 3.39. The van der Waals surface area contributed by atoms with Gasteiger partial charge in [0.05, 0.1) is 0 Å². The summed E-state index contributed by atoms with van der Waals surface area (Å²) in [4.78, 5) is 0.166. The van der Waals surface area contributed by atoms with Crippen LogP contribution in [-0.2, 0) is 20.9 Å². The second kappa shape index (κ2) is 6.25. The van der Waals surface area contributed by atoms with Gasteiger partial charge in [0.2, 0.25) is 0 Å². The van der Waals surface area contributed by atoms with Gasteiger partial charge in [-0.25, -0.2) is 0 Å². The van der Waals surface area contributed by atoms with Crippen molar-refractivity contribution in [3.05, 3.63) is 59.7 Å². The van der Waals surface area contributed by atoms with Crippen molar-refractivity contribution in [2.24, 2.45) is 0 Å². The molecule has 0 N–H and O–H groups in total. The van der Waals surface area contributed by atoms with Crippen molar-refractivity contribution in [2.75, 3.05) is 0 Å². The number of hydrogen-bond donors (Lipinski definition) is 0. The van der Waals surface area contributed by atoms with Crippen LogP contribution in [0, 0.1) is 0 Å². The summed E-state index contributed by atoms with van der Waals surface area (Å²) in [6, 6.07) is 14.2. The summed E-state index contributed by atoms with van der Waals surface area (Å²) in [5, 5.41) is 0. The van der Waals surface area contributed by atoms with Crippen molar-refractivity contribution in [1.29, 1.82) is 0 Å². The Morgan fingerprint density at radius 3 is 1.79 bits per heavy atom. The predicted octanol–water partition coefficient (Wildman–Crippen LogP) is 5.05. The molecule has 130 valence electrons. The topological polar surface area (TPSA) is 43.4 Å². The highest BCUT2D eigenvalue weighted by molar-refractivity contribution is 7.87. The van der Waals surface area contributed by atoms with Gasteiger partial charge in [0.25, 0.3) is 0 Å². The molecule has 0 atom stereocenters. The molecule has 0 unspecified atom stereocenters. The molecule has 2 aromatic carbocycles. The minimum atomic E-state index is -3.86. The Balaban J connectivity index is 2.37. The highest BCUT2D eigenvalue weighted by Crippen LogP contribution is 2.33. The summed E-state index contributed by atoms with van der Waals surface area (Å²) in [7, 11) is -3.86. The highest BCUT2D eigenvalue weighted by atomic mass is 32.2. The van der Waals surface area contributed by atoms with Crippen molar-refractivity contribution in [3.8, 4) is 5.75 Å². The van der Waals surface area contributed by atoms with E-state index in [9.17, 15) is 8.42 Å². The summed E-state index contributed by atoms with van der Waals surface area (Å²) in [6.45, 7) is 12.4. The lowest BCUT2D eigenvalue weighted by Gasteiger charge is -2.22. The average molecular weight is 346 g/mol. The third kappa shape index (κ3) is 4.18. The zero-order chi connectivity index (χ0) is 18.2. The predicted molar refractivity (Wildman–Crippen MR) is 98.1 cm³/mol. The van der Waals surface area contributed by atoms with Crippen molar-refractivity contribution < 1.29 is 12.6 Å². The zero-order valence-corrected chi connectivity index (χ0v) is 16.1. The van der Waals surface area contributed by atoms with Crippen LogP contribution in [0.3, 0.4) is 0 Å². The van der Waals surface area contributed by atoms with Gasteiger partial charge in [-0.2, -0.15) is 8.42 Å². The molecular formula is C20H26O3S. The Morgan fingerprint density at radius 1 is 0.750 bits per heavy atom. The van der Waals surface area contributed by atoms with Crippen LogP contribution in [0.2, 0.25) is 0 Å². The Hall–Kier alpha value is -1.81. The lowest BCUT2D eigenvalue weighted by Crippen LogP contribution is -2.17. The Morgan fingerprint density at radius 2 is 1.29 bits per heavy atom. The summed E-state index contributed by atoms with van der Waals surface area (Å²) in [5.41, 5.74) is 1.71. The van der Waals surface area contributed by atoms with Crippen LogP contribution in [0.5, 0.6) is 5.75 Å². The molecule has 0 aliphatic heterocycles. The lowest BCUT2D eigenvalue weighted by atomic mass is 9.86.